The lowest BCUT2D eigenvalue weighted by atomic mass is 10.2. The second kappa shape index (κ2) is 7.29. The third-order valence-electron chi connectivity index (χ3n) is 2.94. The number of phenolic OH excluding ortho intramolecular Hbond substituents is 3. The van der Waals surface area contributed by atoms with Gasteiger partial charge in [0.15, 0.2) is 17.2 Å². The molecule has 0 spiro atoms. The van der Waals surface area contributed by atoms with Crippen LogP contribution in [0.25, 0.3) is 0 Å². The molecule has 9 heteroatoms. The van der Waals surface area contributed by atoms with Gasteiger partial charge in [-0.2, -0.15) is 5.10 Å². The van der Waals surface area contributed by atoms with Crippen molar-refractivity contribution in [2.75, 3.05) is 7.11 Å². The quantitative estimate of drug-likeness (QED) is 0.375. The molecule has 4 N–H and O–H groups in total. The Balaban J connectivity index is 2.19. The number of methoxy groups -OCH3 is 1. The first-order chi connectivity index (χ1) is 11.3. The van der Waals surface area contributed by atoms with Crippen molar-refractivity contribution in [1.29, 1.82) is 0 Å². The Morgan fingerprint density at radius 2 is 1.79 bits per heavy atom. The van der Waals surface area contributed by atoms with Crippen molar-refractivity contribution in [2.45, 2.75) is 0 Å². The normalized spacial score (nSPS) is 10.8. The van der Waals surface area contributed by atoms with Gasteiger partial charge in [-0.15, -0.1) is 0 Å². The van der Waals surface area contributed by atoms with Crippen molar-refractivity contribution in [1.82, 2.24) is 5.43 Å². The first-order valence-electron chi connectivity index (χ1n) is 6.45. The average molecular weight is 371 g/mol. The lowest BCUT2D eigenvalue weighted by Gasteiger charge is -2.07. The van der Waals surface area contributed by atoms with E-state index < -0.39 is 23.2 Å². The molecule has 126 valence electrons. The molecule has 24 heavy (non-hydrogen) atoms. The average Bonchev–Trinajstić information content (AvgIpc) is 2.51. The van der Waals surface area contributed by atoms with Crippen LogP contribution < -0.4 is 10.2 Å². The van der Waals surface area contributed by atoms with E-state index in [1.807, 2.05) is 0 Å². The number of nitrogens with zero attached hydrogens (tertiary/aromatic N) is 1. The van der Waals surface area contributed by atoms with Crippen LogP contribution in [0.15, 0.2) is 29.4 Å². The zero-order valence-electron chi connectivity index (χ0n) is 12.2. The van der Waals surface area contributed by atoms with Crippen LogP contribution in [-0.4, -0.2) is 34.6 Å². The molecule has 0 saturated carbocycles. The number of halogens is 2. The minimum Gasteiger partial charge on any atom is -0.504 e. The SMILES string of the molecule is COc1c(Cl)cc(Cl)cc1/C=N/NC(=O)c1cc(O)c(O)c(O)c1. The standard InChI is InChI=1S/C15H12Cl2N2O5/c1-24-14-8(2-9(16)5-10(14)17)6-18-19-15(23)7-3-11(20)13(22)12(21)4-7/h2-6,20-22H,1H3,(H,19,23)/b18-6+. The minimum absolute atomic E-state index is 0.101. The van der Waals surface area contributed by atoms with E-state index in [1.54, 1.807) is 6.07 Å². The molecule has 0 saturated heterocycles. The maximum atomic E-state index is 11.9. The molecule has 2 aromatic rings. The summed E-state index contributed by atoms with van der Waals surface area (Å²) in [6.45, 7) is 0. The number of hydrogen-bond acceptors (Lipinski definition) is 6. The maximum absolute atomic E-state index is 11.9. The number of aromatic hydroxyl groups is 3. The van der Waals surface area contributed by atoms with Crippen LogP contribution in [0, 0.1) is 0 Å². The van der Waals surface area contributed by atoms with Crippen LogP contribution in [0.2, 0.25) is 10.0 Å². The van der Waals surface area contributed by atoms with E-state index in [-0.39, 0.29) is 10.6 Å². The predicted octanol–water partition coefficient (Wildman–Crippen LogP) is 2.88. The molecule has 2 aromatic carbocycles. The fourth-order valence-electron chi connectivity index (χ4n) is 1.85. The molecular weight excluding hydrogens is 359 g/mol. The Morgan fingerprint density at radius 3 is 2.38 bits per heavy atom. The number of rotatable bonds is 4. The Morgan fingerprint density at radius 1 is 1.17 bits per heavy atom. The third-order valence-corrected chi connectivity index (χ3v) is 3.44. The monoisotopic (exact) mass is 370 g/mol. The number of benzene rings is 2. The largest absolute Gasteiger partial charge is 0.504 e. The summed E-state index contributed by atoms with van der Waals surface area (Å²) in [7, 11) is 1.42. The van der Waals surface area contributed by atoms with E-state index in [0.717, 1.165) is 12.1 Å². The zero-order chi connectivity index (χ0) is 17.9. The van der Waals surface area contributed by atoms with Gasteiger partial charge in [-0.25, -0.2) is 5.43 Å². The van der Waals surface area contributed by atoms with E-state index in [0.29, 0.717) is 16.3 Å². The van der Waals surface area contributed by atoms with Crippen LogP contribution >= 0.6 is 23.2 Å². The first-order valence-corrected chi connectivity index (χ1v) is 7.20. The van der Waals surface area contributed by atoms with Gasteiger partial charge in [-0.3, -0.25) is 4.79 Å². The van der Waals surface area contributed by atoms with Crippen molar-refractivity contribution in [3.05, 3.63) is 45.4 Å². The number of amides is 1. The Bertz CT molecular complexity index is 801. The lowest BCUT2D eigenvalue weighted by Crippen LogP contribution is -2.17. The first kappa shape index (κ1) is 17.7. The van der Waals surface area contributed by atoms with Crippen molar-refractivity contribution < 1.29 is 24.9 Å². The molecule has 0 aliphatic rings. The van der Waals surface area contributed by atoms with Crippen molar-refractivity contribution in [3.8, 4) is 23.0 Å². The highest BCUT2D eigenvalue weighted by molar-refractivity contribution is 6.36. The van der Waals surface area contributed by atoms with Crippen molar-refractivity contribution in [2.24, 2.45) is 5.10 Å². The number of carbonyl (C=O) groups excluding carboxylic acids is 1. The summed E-state index contributed by atoms with van der Waals surface area (Å²) >= 11 is 11.9. The van der Waals surface area contributed by atoms with Crippen LogP contribution in [0.4, 0.5) is 0 Å². The molecule has 0 unspecified atom stereocenters. The third kappa shape index (κ3) is 3.81. The van der Waals surface area contributed by atoms with E-state index in [9.17, 15) is 20.1 Å². The molecule has 0 heterocycles. The van der Waals surface area contributed by atoms with Crippen LogP contribution in [-0.2, 0) is 0 Å². The van der Waals surface area contributed by atoms with Crippen LogP contribution in [0.5, 0.6) is 23.0 Å². The number of nitrogens with one attached hydrogen (secondary N) is 1. The lowest BCUT2D eigenvalue weighted by molar-refractivity contribution is 0.0954. The predicted molar refractivity (Wildman–Crippen MR) is 89.5 cm³/mol. The molecule has 0 fully saturated rings. The Kier molecular flexibility index (Phi) is 5.38. The minimum atomic E-state index is -0.719. The highest BCUT2D eigenvalue weighted by Crippen LogP contribution is 2.35. The van der Waals surface area contributed by atoms with Gasteiger partial charge in [-0.1, -0.05) is 23.2 Å². The van der Waals surface area contributed by atoms with Gasteiger partial charge < -0.3 is 20.1 Å². The molecule has 0 aliphatic heterocycles. The molecule has 0 aliphatic carbocycles. The van der Waals surface area contributed by atoms with Gasteiger partial charge in [0.25, 0.3) is 5.91 Å². The molecule has 0 bridgehead atoms. The summed E-state index contributed by atoms with van der Waals surface area (Å²) in [5.74, 6) is -2.36. The molecule has 7 nitrogen and oxygen atoms in total. The summed E-state index contributed by atoms with van der Waals surface area (Å²) in [6, 6.07) is 5.01. The Hall–Kier alpha value is -2.64. The van der Waals surface area contributed by atoms with Gasteiger partial charge in [0.05, 0.1) is 18.3 Å². The summed E-state index contributed by atoms with van der Waals surface area (Å²) < 4.78 is 5.13. The highest BCUT2D eigenvalue weighted by Gasteiger charge is 2.13. The van der Waals surface area contributed by atoms with Gasteiger partial charge in [0.2, 0.25) is 0 Å². The second-order valence-corrected chi connectivity index (χ2v) is 5.42. The molecule has 0 radical (unpaired) electrons. The summed E-state index contributed by atoms with van der Waals surface area (Å²) in [5, 5.41) is 32.4. The van der Waals surface area contributed by atoms with Crippen LogP contribution in [0.3, 0.4) is 0 Å². The fourth-order valence-corrected chi connectivity index (χ4v) is 2.44. The van der Waals surface area contributed by atoms with E-state index >= 15 is 0 Å². The number of phenols is 3. The zero-order valence-corrected chi connectivity index (χ0v) is 13.8. The topological polar surface area (TPSA) is 111 Å². The molecule has 0 aromatic heterocycles. The molecular formula is C15H12Cl2N2O5. The number of hydrogen-bond donors (Lipinski definition) is 4. The van der Waals surface area contributed by atoms with Gasteiger partial charge in [0, 0.05) is 16.1 Å². The van der Waals surface area contributed by atoms with Crippen molar-refractivity contribution in [3.63, 3.8) is 0 Å². The van der Waals surface area contributed by atoms with E-state index in [1.165, 1.54) is 19.4 Å². The van der Waals surface area contributed by atoms with Crippen LogP contribution in [0.1, 0.15) is 15.9 Å². The van der Waals surface area contributed by atoms with Gasteiger partial charge in [0.1, 0.15) is 5.75 Å². The maximum Gasteiger partial charge on any atom is 0.271 e. The molecule has 2 rings (SSSR count). The van der Waals surface area contributed by atoms with Crippen molar-refractivity contribution >= 4 is 35.3 Å². The summed E-state index contributed by atoms with van der Waals surface area (Å²) in [6.07, 6.45) is 1.27. The van der Waals surface area contributed by atoms with E-state index in [2.05, 4.69) is 10.5 Å². The molecule has 1 amide bonds. The number of carbonyl (C=O) groups is 1. The second-order valence-electron chi connectivity index (χ2n) is 4.57. The summed E-state index contributed by atoms with van der Waals surface area (Å²) in [5.41, 5.74) is 2.53. The smallest absolute Gasteiger partial charge is 0.271 e. The summed E-state index contributed by atoms with van der Waals surface area (Å²) in [4.78, 5) is 11.9. The van der Waals surface area contributed by atoms with Gasteiger partial charge in [-0.05, 0) is 24.3 Å². The fraction of sp³-hybridized carbons (Fsp3) is 0.0667. The number of ether oxygens (including phenoxy) is 1. The van der Waals surface area contributed by atoms with Gasteiger partial charge >= 0.3 is 0 Å². The highest BCUT2D eigenvalue weighted by atomic mass is 35.5. The van der Waals surface area contributed by atoms with E-state index in [4.69, 9.17) is 27.9 Å². The molecule has 0 atom stereocenters. The number of hydrazone groups is 1. The Labute approximate surface area is 146 Å².